The molecule has 152 valence electrons. The average Bonchev–Trinajstić information content (AvgIpc) is 2.69. The van der Waals surface area contributed by atoms with Crippen LogP contribution in [-0.2, 0) is 19.2 Å². The van der Waals surface area contributed by atoms with Crippen molar-refractivity contribution in [2.75, 3.05) is 10.6 Å². The Labute approximate surface area is 167 Å². The van der Waals surface area contributed by atoms with Gasteiger partial charge in [0.05, 0.1) is 0 Å². The van der Waals surface area contributed by atoms with Crippen LogP contribution in [0.4, 0.5) is 11.4 Å². The molecule has 0 aromatic heterocycles. The van der Waals surface area contributed by atoms with Crippen molar-refractivity contribution < 1.29 is 23.9 Å². The van der Waals surface area contributed by atoms with Crippen LogP contribution in [0.5, 0.6) is 11.5 Å². The Bertz CT molecular complexity index is 834. The number of anilines is 2. The van der Waals surface area contributed by atoms with Crippen LogP contribution in [0.25, 0.3) is 0 Å². The number of hydrogen-bond donors (Lipinski definition) is 4. The van der Waals surface area contributed by atoms with Crippen molar-refractivity contribution in [2.24, 2.45) is 11.5 Å². The molecular formula is C20H22N4O5. The predicted molar refractivity (Wildman–Crippen MR) is 108 cm³/mol. The molecule has 0 heterocycles. The molecule has 2 aromatic carbocycles. The number of carbonyl (C=O) groups excluding carboxylic acids is 4. The number of benzene rings is 2. The number of carbonyl (C=O) groups is 4. The van der Waals surface area contributed by atoms with Gasteiger partial charge >= 0.3 is 0 Å². The Kier molecular flexibility index (Phi) is 7.18. The molecule has 0 aliphatic carbocycles. The number of nitrogens with one attached hydrogen (secondary N) is 2. The van der Waals surface area contributed by atoms with Crippen LogP contribution < -0.4 is 26.8 Å². The fourth-order valence-electron chi connectivity index (χ4n) is 2.16. The number of Topliss-reactive ketones (excluding diaryl/α,β-unsaturated/α-hetero) is 2. The second kappa shape index (κ2) is 9.58. The molecule has 2 atom stereocenters. The van der Waals surface area contributed by atoms with Gasteiger partial charge in [-0.1, -0.05) is 0 Å². The third-order valence-corrected chi connectivity index (χ3v) is 3.92. The Balaban J connectivity index is 1.95. The van der Waals surface area contributed by atoms with E-state index in [9.17, 15) is 19.2 Å². The van der Waals surface area contributed by atoms with Gasteiger partial charge in [0.1, 0.15) is 23.6 Å². The quantitative estimate of drug-likeness (QED) is 0.487. The normalized spacial score (nSPS) is 12.4. The summed E-state index contributed by atoms with van der Waals surface area (Å²) in [6, 6.07) is 10.6. The second-order valence-electron chi connectivity index (χ2n) is 6.31. The predicted octanol–water partition coefficient (Wildman–Crippen LogP) is 1.19. The number of amides is 2. The maximum atomic E-state index is 11.8. The lowest BCUT2D eigenvalue weighted by Crippen LogP contribution is -2.41. The first-order valence-corrected chi connectivity index (χ1v) is 8.69. The third-order valence-electron chi connectivity index (χ3n) is 3.92. The first-order valence-electron chi connectivity index (χ1n) is 8.69. The molecule has 2 rings (SSSR count). The summed E-state index contributed by atoms with van der Waals surface area (Å²) in [6.45, 7) is 2.49. The van der Waals surface area contributed by atoms with E-state index >= 15 is 0 Å². The van der Waals surface area contributed by atoms with Gasteiger partial charge in [-0.25, -0.2) is 0 Å². The summed E-state index contributed by atoms with van der Waals surface area (Å²) in [5.74, 6) is -1.01. The average molecular weight is 398 g/mol. The topological polar surface area (TPSA) is 154 Å². The lowest BCUT2D eigenvalue weighted by atomic mass is 10.2. The Hall–Kier alpha value is -3.56. The van der Waals surface area contributed by atoms with E-state index in [1.165, 1.54) is 13.8 Å². The Morgan fingerprint density at radius 2 is 1.00 bits per heavy atom. The van der Waals surface area contributed by atoms with Crippen molar-refractivity contribution in [3.05, 3.63) is 48.5 Å². The molecule has 2 unspecified atom stereocenters. The van der Waals surface area contributed by atoms with Gasteiger partial charge in [-0.2, -0.15) is 0 Å². The molecular weight excluding hydrogens is 376 g/mol. The van der Waals surface area contributed by atoms with Gasteiger partial charge in [0.15, 0.2) is 11.6 Å². The van der Waals surface area contributed by atoms with Gasteiger partial charge in [-0.05, 0) is 62.4 Å². The van der Waals surface area contributed by atoms with E-state index < -0.39 is 35.5 Å². The van der Waals surface area contributed by atoms with Crippen molar-refractivity contribution in [3.63, 3.8) is 0 Å². The molecule has 0 fully saturated rings. The van der Waals surface area contributed by atoms with Gasteiger partial charge < -0.3 is 26.8 Å². The molecule has 0 aliphatic heterocycles. The first kappa shape index (κ1) is 21.7. The number of ketones is 2. The summed E-state index contributed by atoms with van der Waals surface area (Å²) in [6.07, 6.45) is 0. The number of ether oxygens (including phenoxy) is 1. The van der Waals surface area contributed by atoms with Crippen LogP contribution in [0.1, 0.15) is 13.8 Å². The van der Waals surface area contributed by atoms with Gasteiger partial charge in [0, 0.05) is 11.4 Å². The molecule has 6 N–H and O–H groups in total. The summed E-state index contributed by atoms with van der Waals surface area (Å²) < 4.78 is 5.69. The zero-order chi connectivity index (χ0) is 21.6. The highest BCUT2D eigenvalue weighted by Crippen LogP contribution is 2.24. The molecule has 0 aliphatic rings. The molecule has 9 nitrogen and oxygen atoms in total. The molecule has 29 heavy (non-hydrogen) atoms. The monoisotopic (exact) mass is 398 g/mol. The van der Waals surface area contributed by atoms with E-state index in [0.29, 0.717) is 22.9 Å². The lowest BCUT2D eigenvalue weighted by molar-refractivity contribution is -0.127. The molecule has 9 heteroatoms. The molecule has 0 spiro atoms. The molecule has 2 aromatic rings. The summed E-state index contributed by atoms with van der Waals surface area (Å²) in [4.78, 5) is 45.8. The van der Waals surface area contributed by atoms with Crippen molar-refractivity contribution in [1.29, 1.82) is 0 Å². The lowest BCUT2D eigenvalue weighted by Gasteiger charge is -2.11. The van der Waals surface area contributed by atoms with Gasteiger partial charge in [0.2, 0.25) is 11.8 Å². The number of nitrogens with two attached hydrogens (primary N) is 2. The maximum absolute atomic E-state index is 11.8. The van der Waals surface area contributed by atoms with Gasteiger partial charge in [-0.3, -0.25) is 19.2 Å². The highest BCUT2D eigenvalue weighted by molar-refractivity contribution is 6.10. The first-order chi connectivity index (χ1) is 13.7. The maximum Gasteiger partial charge on any atom is 0.248 e. The van der Waals surface area contributed by atoms with E-state index in [2.05, 4.69) is 10.6 Å². The van der Waals surface area contributed by atoms with Gasteiger partial charge in [-0.15, -0.1) is 0 Å². The van der Waals surface area contributed by atoms with Crippen molar-refractivity contribution in [1.82, 2.24) is 0 Å². The van der Waals surface area contributed by atoms with Crippen LogP contribution >= 0.6 is 0 Å². The molecule has 2 amide bonds. The smallest absolute Gasteiger partial charge is 0.248 e. The Morgan fingerprint density at radius 3 is 1.28 bits per heavy atom. The molecule has 0 saturated carbocycles. The second-order valence-corrected chi connectivity index (χ2v) is 6.31. The van der Waals surface area contributed by atoms with Crippen molar-refractivity contribution >= 4 is 34.8 Å². The van der Waals surface area contributed by atoms with E-state index in [1.54, 1.807) is 48.5 Å². The molecule has 0 radical (unpaired) electrons. The van der Waals surface area contributed by atoms with Gasteiger partial charge in [0.25, 0.3) is 0 Å². The van der Waals surface area contributed by atoms with E-state index in [1.807, 2.05) is 0 Å². The minimum Gasteiger partial charge on any atom is -0.457 e. The summed E-state index contributed by atoms with van der Waals surface area (Å²) >= 11 is 0. The van der Waals surface area contributed by atoms with Crippen molar-refractivity contribution in [2.45, 2.75) is 25.9 Å². The summed E-state index contributed by atoms with van der Waals surface area (Å²) in [5.41, 5.74) is 11.9. The minimum atomic E-state index is -1.21. The Morgan fingerprint density at radius 1 is 0.690 bits per heavy atom. The molecule has 0 saturated heterocycles. The van der Waals surface area contributed by atoms with E-state index in [-0.39, 0.29) is 0 Å². The van der Waals surface area contributed by atoms with Crippen LogP contribution in [0, 0.1) is 0 Å². The molecule has 0 bridgehead atoms. The van der Waals surface area contributed by atoms with Crippen LogP contribution in [-0.4, -0.2) is 35.5 Å². The van der Waals surface area contributed by atoms with E-state index in [4.69, 9.17) is 16.2 Å². The van der Waals surface area contributed by atoms with Crippen LogP contribution in [0.15, 0.2) is 48.5 Å². The zero-order valence-electron chi connectivity index (χ0n) is 16.0. The number of hydrogen-bond acceptors (Lipinski definition) is 7. The standard InChI is InChI=1S/C20H22N4O5/c1-11(25)17(21)19(27)23-13-3-7-15(8-4-13)29-16-9-5-14(6-10-16)24-20(28)18(22)12(2)26/h3-10,17-18H,21-22H2,1-2H3,(H,23,27)(H,24,28). The summed E-state index contributed by atoms with van der Waals surface area (Å²) in [7, 11) is 0. The van der Waals surface area contributed by atoms with Crippen LogP contribution in [0.3, 0.4) is 0 Å². The SMILES string of the molecule is CC(=O)C(N)C(=O)Nc1ccc(Oc2ccc(NC(=O)C(N)C(C)=O)cc2)cc1. The fourth-order valence-corrected chi connectivity index (χ4v) is 2.16. The highest BCUT2D eigenvalue weighted by atomic mass is 16.5. The van der Waals surface area contributed by atoms with E-state index in [0.717, 1.165) is 0 Å². The summed E-state index contributed by atoms with van der Waals surface area (Å²) in [5, 5.41) is 5.08. The van der Waals surface area contributed by atoms with Crippen molar-refractivity contribution in [3.8, 4) is 11.5 Å². The number of rotatable bonds is 8. The highest BCUT2D eigenvalue weighted by Gasteiger charge is 2.18. The van der Waals surface area contributed by atoms with Crippen LogP contribution in [0.2, 0.25) is 0 Å². The minimum absolute atomic E-state index is 0.426. The third kappa shape index (κ3) is 6.23. The fraction of sp³-hybridized carbons (Fsp3) is 0.200. The zero-order valence-corrected chi connectivity index (χ0v) is 16.0. The largest absolute Gasteiger partial charge is 0.457 e.